The lowest BCUT2D eigenvalue weighted by Gasteiger charge is -2.07. The molecule has 0 aliphatic rings. The number of fused-ring (bicyclic) bond motifs is 1. The van der Waals surface area contributed by atoms with E-state index in [1.807, 2.05) is 41.2 Å². The minimum atomic E-state index is 0.620. The minimum Gasteiger partial charge on any atom is -0.492 e. The standard InChI is InChI=1S/C16H16N2O/c1-13-5-4-7-15(11-13)19-10-9-18-16-8-3-2-6-14(16)12-17-18/h2-8,11-12H,9-10H2,1H3. The predicted molar refractivity (Wildman–Crippen MR) is 76.4 cm³/mol. The summed E-state index contributed by atoms with van der Waals surface area (Å²) in [7, 11) is 0. The topological polar surface area (TPSA) is 27.1 Å². The quantitative estimate of drug-likeness (QED) is 0.711. The molecule has 0 N–H and O–H groups in total. The average molecular weight is 252 g/mol. The minimum absolute atomic E-state index is 0.620. The summed E-state index contributed by atoms with van der Waals surface area (Å²) in [5.41, 5.74) is 2.36. The van der Waals surface area contributed by atoms with Gasteiger partial charge in [-0.3, -0.25) is 4.68 Å². The molecule has 3 aromatic rings. The van der Waals surface area contributed by atoms with Gasteiger partial charge in [-0.15, -0.1) is 0 Å². The van der Waals surface area contributed by atoms with Crippen LogP contribution in [0.25, 0.3) is 10.9 Å². The molecule has 0 saturated carbocycles. The Morgan fingerprint density at radius 2 is 2.00 bits per heavy atom. The first-order valence-electron chi connectivity index (χ1n) is 6.43. The van der Waals surface area contributed by atoms with Gasteiger partial charge < -0.3 is 4.74 Å². The van der Waals surface area contributed by atoms with Crippen LogP contribution in [0.5, 0.6) is 5.75 Å². The van der Waals surface area contributed by atoms with Gasteiger partial charge in [-0.1, -0.05) is 30.3 Å². The third-order valence-electron chi connectivity index (χ3n) is 3.11. The second-order valence-electron chi connectivity index (χ2n) is 4.59. The normalized spacial score (nSPS) is 10.8. The molecule has 0 fully saturated rings. The van der Waals surface area contributed by atoms with Crippen molar-refractivity contribution in [2.45, 2.75) is 13.5 Å². The lowest BCUT2D eigenvalue weighted by molar-refractivity contribution is 0.293. The Kier molecular flexibility index (Phi) is 3.19. The maximum Gasteiger partial charge on any atom is 0.119 e. The first kappa shape index (κ1) is 11.8. The monoisotopic (exact) mass is 252 g/mol. The number of aryl methyl sites for hydroxylation is 1. The van der Waals surface area contributed by atoms with E-state index in [-0.39, 0.29) is 0 Å². The number of rotatable bonds is 4. The van der Waals surface area contributed by atoms with Gasteiger partial charge >= 0.3 is 0 Å². The van der Waals surface area contributed by atoms with Crippen LogP contribution in [0.2, 0.25) is 0 Å². The molecular formula is C16H16N2O. The van der Waals surface area contributed by atoms with Gasteiger partial charge in [-0.25, -0.2) is 0 Å². The smallest absolute Gasteiger partial charge is 0.119 e. The Hall–Kier alpha value is -2.29. The zero-order valence-electron chi connectivity index (χ0n) is 10.9. The highest BCUT2D eigenvalue weighted by Gasteiger charge is 2.01. The summed E-state index contributed by atoms with van der Waals surface area (Å²) < 4.78 is 7.73. The molecule has 0 unspecified atom stereocenters. The van der Waals surface area contributed by atoms with Crippen molar-refractivity contribution in [3.63, 3.8) is 0 Å². The summed E-state index contributed by atoms with van der Waals surface area (Å²) >= 11 is 0. The average Bonchev–Trinajstić information content (AvgIpc) is 2.83. The summed E-state index contributed by atoms with van der Waals surface area (Å²) in [5, 5.41) is 5.55. The van der Waals surface area contributed by atoms with Gasteiger partial charge in [-0.2, -0.15) is 5.10 Å². The van der Waals surface area contributed by atoms with Crippen LogP contribution in [0.15, 0.2) is 54.7 Å². The van der Waals surface area contributed by atoms with Gasteiger partial charge in [0.25, 0.3) is 0 Å². The van der Waals surface area contributed by atoms with Crippen molar-refractivity contribution < 1.29 is 4.74 Å². The van der Waals surface area contributed by atoms with E-state index >= 15 is 0 Å². The van der Waals surface area contributed by atoms with E-state index < -0.39 is 0 Å². The van der Waals surface area contributed by atoms with E-state index in [0.29, 0.717) is 6.61 Å². The molecule has 3 heteroatoms. The van der Waals surface area contributed by atoms with Gasteiger partial charge in [0, 0.05) is 5.39 Å². The van der Waals surface area contributed by atoms with E-state index in [4.69, 9.17) is 4.74 Å². The summed E-state index contributed by atoms with van der Waals surface area (Å²) in [6.45, 7) is 3.43. The molecule has 0 aliphatic carbocycles. The fourth-order valence-electron chi connectivity index (χ4n) is 2.16. The van der Waals surface area contributed by atoms with Crippen molar-refractivity contribution in [3.05, 3.63) is 60.3 Å². The molecule has 0 aliphatic heterocycles. The van der Waals surface area contributed by atoms with Gasteiger partial charge in [0.05, 0.1) is 18.3 Å². The summed E-state index contributed by atoms with van der Waals surface area (Å²) in [6, 6.07) is 16.3. The van der Waals surface area contributed by atoms with Crippen LogP contribution in [0.3, 0.4) is 0 Å². The Bertz CT molecular complexity index is 688. The number of nitrogens with zero attached hydrogens (tertiary/aromatic N) is 2. The molecule has 19 heavy (non-hydrogen) atoms. The van der Waals surface area contributed by atoms with Crippen molar-refractivity contribution in [1.82, 2.24) is 9.78 Å². The molecule has 1 heterocycles. The van der Waals surface area contributed by atoms with Gasteiger partial charge in [0.15, 0.2) is 0 Å². The number of benzene rings is 2. The number of hydrogen-bond acceptors (Lipinski definition) is 2. The molecule has 0 atom stereocenters. The fourth-order valence-corrected chi connectivity index (χ4v) is 2.16. The van der Waals surface area contributed by atoms with Crippen LogP contribution in [-0.2, 0) is 6.54 Å². The summed E-state index contributed by atoms with van der Waals surface area (Å²) in [4.78, 5) is 0. The van der Waals surface area contributed by atoms with Crippen molar-refractivity contribution in [3.8, 4) is 5.75 Å². The SMILES string of the molecule is Cc1cccc(OCCn2ncc3ccccc32)c1. The molecule has 1 aromatic heterocycles. The number of para-hydroxylation sites is 1. The number of aromatic nitrogens is 2. The Morgan fingerprint density at radius 1 is 1.11 bits per heavy atom. The van der Waals surface area contributed by atoms with Crippen LogP contribution in [-0.4, -0.2) is 16.4 Å². The third kappa shape index (κ3) is 2.60. The van der Waals surface area contributed by atoms with Crippen LogP contribution < -0.4 is 4.74 Å². The van der Waals surface area contributed by atoms with E-state index in [1.165, 1.54) is 5.56 Å². The van der Waals surface area contributed by atoms with Crippen LogP contribution >= 0.6 is 0 Å². The second kappa shape index (κ2) is 5.14. The highest BCUT2D eigenvalue weighted by atomic mass is 16.5. The van der Waals surface area contributed by atoms with Crippen LogP contribution in [0, 0.1) is 6.92 Å². The molecule has 0 radical (unpaired) electrons. The zero-order valence-corrected chi connectivity index (χ0v) is 10.9. The Morgan fingerprint density at radius 3 is 2.89 bits per heavy atom. The Balaban J connectivity index is 1.66. The summed E-state index contributed by atoms with van der Waals surface area (Å²) in [6.07, 6.45) is 1.89. The second-order valence-corrected chi connectivity index (χ2v) is 4.59. The van der Waals surface area contributed by atoms with Crippen molar-refractivity contribution >= 4 is 10.9 Å². The fraction of sp³-hybridized carbons (Fsp3) is 0.188. The highest BCUT2D eigenvalue weighted by molar-refractivity contribution is 5.78. The van der Waals surface area contributed by atoms with Crippen molar-refractivity contribution in [2.24, 2.45) is 0 Å². The molecular weight excluding hydrogens is 236 g/mol. The zero-order chi connectivity index (χ0) is 13.1. The first-order chi connectivity index (χ1) is 9.33. The molecule has 96 valence electrons. The van der Waals surface area contributed by atoms with E-state index in [9.17, 15) is 0 Å². The van der Waals surface area contributed by atoms with Gasteiger partial charge in [0.1, 0.15) is 12.4 Å². The van der Waals surface area contributed by atoms with Crippen molar-refractivity contribution in [2.75, 3.05) is 6.61 Å². The molecule has 3 rings (SSSR count). The molecule has 0 amide bonds. The summed E-state index contributed by atoms with van der Waals surface area (Å²) in [5.74, 6) is 0.913. The molecule has 2 aromatic carbocycles. The predicted octanol–water partition coefficient (Wildman–Crippen LogP) is 3.42. The third-order valence-corrected chi connectivity index (χ3v) is 3.11. The van der Waals surface area contributed by atoms with E-state index in [0.717, 1.165) is 23.2 Å². The molecule has 3 nitrogen and oxygen atoms in total. The first-order valence-corrected chi connectivity index (χ1v) is 6.43. The lowest BCUT2D eigenvalue weighted by atomic mass is 10.2. The lowest BCUT2D eigenvalue weighted by Crippen LogP contribution is -2.09. The largest absolute Gasteiger partial charge is 0.492 e. The molecule has 0 saturated heterocycles. The van der Waals surface area contributed by atoms with E-state index in [2.05, 4.69) is 30.2 Å². The maximum atomic E-state index is 5.75. The maximum absolute atomic E-state index is 5.75. The number of hydrogen-bond donors (Lipinski definition) is 0. The van der Waals surface area contributed by atoms with Crippen LogP contribution in [0.4, 0.5) is 0 Å². The number of ether oxygens (including phenoxy) is 1. The van der Waals surface area contributed by atoms with Crippen molar-refractivity contribution in [1.29, 1.82) is 0 Å². The highest BCUT2D eigenvalue weighted by Crippen LogP contribution is 2.14. The van der Waals surface area contributed by atoms with E-state index in [1.54, 1.807) is 0 Å². The molecule has 0 bridgehead atoms. The molecule has 0 spiro atoms. The van der Waals surface area contributed by atoms with Gasteiger partial charge in [-0.05, 0) is 30.7 Å². The van der Waals surface area contributed by atoms with Gasteiger partial charge in [0.2, 0.25) is 0 Å². The van der Waals surface area contributed by atoms with Crippen LogP contribution in [0.1, 0.15) is 5.56 Å². The Labute approximate surface area is 112 Å².